The quantitative estimate of drug-likeness (QED) is 0.889. The van der Waals surface area contributed by atoms with E-state index in [4.69, 9.17) is 11.6 Å². The van der Waals surface area contributed by atoms with E-state index in [9.17, 15) is 9.59 Å². The molecule has 3 saturated heterocycles. The predicted octanol–water partition coefficient (Wildman–Crippen LogP) is 1.37. The van der Waals surface area contributed by atoms with Crippen LogP contribution in [0.1, 0.15) is 6.42 Å². The third kappa shape index (κ3) is 2.72. The van der Waals surface area contributed by atoms with Crippen LogP contribution in [0.5, 0.6) is 0 Å². The van der Waals surface area contributed by atoms with Crippen LogP contribution in [-0.2, 0) is 9.59 Å². The highest BCUT2D eigenvalue weighted by molar-refractivity contribution is 6.30. The number of benzene rings is 1. The lowest BCUT2D eigenvalue weighted by Gasteiger charge is -2.22. The summed E-state index contributed by atoms with van der Waals surface area (Å²) >= 11 is 5.90. The Kier molecular flexibility index (Phi) is 3.77. The molecule has 122 valence electrons. The number of carbonyl (C=O) groups is 2. The van der Waals surface area contributed by atoms with Crippen LogP contribution < -0.4 is 10.2 Å². The molecule has 6 heteroatoms. The summed E-state index contributed by atoms with van der Waals surface area (Å²) in [6.07, 6.45) is 0.311. The first kappa shape index (κ1) is 15.0. The van der Waals surface area contributed by atoms with Crippen LogP contribution in [0.25, 0.3) is 0 Å². The van der Waals surface area contributed by atoms with E-state index in [1.165, 1.54) is 0 Å². The lowest BCUT2D eigenvalue weighted by molar-refractivity contribution is -0.135. The number of fused-ring (bicyclic) bond motifs is 1. The molecule has 0 radical (unpaired) electrons. The van der Waals surface area contributed by atoms with Crippen molar-refractivity contribution in [2.45, 2.75) is 6.42 Å². The van der Waals surface area contributed by atoms with E-state index >= 15 is 0 Å². The standard InChI is InChI=1S/C17H20ClN3O2/c18-14-1-3-15(4-2-14)21-10-11(5-16(21)22)17(23)20-8-12-6-19-7-13(12)9-20/h1-4,11-13,19H,5-10H2/t11?,12-,13+. The number of hydrogen-bond donors (Lipinski definition) is 1. The molecular weight excluding hydrogens is 314 g/mol. The second kappa shape index (κ2) is 5.80. The SMILES string of the molecule is O=C(C1CC(=O)N(c2ccc(Cl)cc2)C1)N1C[C@H]2CNC[C@H]2C1. The Morgan fingerprint density at radius 2 is 1.74 bits per heavy atom. The zero-order valence-corrected chi connectivity index (χ0v) is 13.6. The van der Waals surface area contributed by atoms with Crippen LogP contribution in [0.2, 0.25) is 5.02 Å². The smallest absolute Gasteiger partial charge is 0.228 e. The van der Waals surface area contributed by atoms with Gasteiger partial charge in [-0.25, -0.2) is 0 Å². The van der Waals surface area contributed by atoms with Gasteiger partial charge in [0.1, 0.15) is 0 Å². The van der Waals surface area contributed by atoms with Crippen LogP contribution >= 0.6 is 11.6 Å². The lowest BCUT2D eigenvalue weighted by atomic mass is 10.0. The van der Waals surface area contributed by atoms with Crippen LogP contribution in [0.4, 0.5) is 5.69 Å². The number of nitrogens with zero attached hydrogens (tertiary/aromatic N) is 2. The van der Waals surface area contributed by atoms with E-state index in [1.807, 2.05) is 17.0 Å². The molecule has 1 aromatic carbocycles. The number of hydrogen-bond acceptors (Lipinski definition) is 3. The maximum absolute atomic E-state index is 12.8. The highest BCUT2D eigenvalue weighted by atomic mass is 35.5. The summed E-state index contributed by atoms with van der Waals surface area (Å²) < 4.78 is 0. The number of amides is 2. The van der Waals surface area contributed by atoms with Gasteiger partial charge in [0.25, 0.3) is 0 Å². The molecule has 0 bridgehead atoms. The van der Waals surface area contributed by atoms with Gasteiger partial charge in [0, 0.05) is 49.9 Å². The Morgan fingerprint density at radius 1 is 1.09 bits per heavy atom. The fourth-order valence-corrected chi connectivity index (χ4v) is 4.16. The van der Waals surface area contributed by atoms with E-state index in [-0.39, 0.29) is 17.7 Å². The van der Waals surface area contributed by atoms with Crippen LogP contribution in [-0.4, -0.2) is 49.4 Å². The van der Waals surface area contributed by atoms with Gasteiger partial charge in [-0.1, -0.05) is 11.6 Å². The number of halogens is 1. The molecule has 1 aromatic rings. The first-order chi connectivity index (χ1) is 11.1. The molecule has 23 heavy (non-hydrogen) atoms. The molecule has 1 N–H and O–H groups in total. The summed E-state index contributed by atoms with van der Waals surface area (Å²) in [5, 5.41) is 4.03. The Labute approximate surface area is 140 Å². The highest BCUT2D eigenvalue weighted by Crippen LogP contribution is 2.31. The maximum atomic E-state index is 12.8. The largest absolute Gasteiger partial charge is 0.342 e. The summed E-state index contributed by atoms with van der Waals surface area (Å²) in [5.74, 6) is 1.12. The van der Waals surface area contributed by atoms with Crippen molar-refractivity contribution in [2.75, 3.05) is 37.6 Å². The molecule has 1 unspecified atom stereocenters. The Balaban J connectivity index is 1.43. The van der Waals surface area contributed by atoms with E-state index in [0.29, 0.717) is 29.8 Å². The van der Waals surface area contributed by atoms with Crippen molar-refractivity contribution in [1.29, 1.82) is 0 Å². The van der Waals surface area contributed by atoms with E-state index in [0.717, 1.165) is 31.9 Å². The van der Waals surface area contributed by atoms with E-state index in [1.54, 1.807) is 17.0 Å². The average Bonchev–Trinajstić information content (AvgIpc) is 3.21. The maximum Gasteiger partial charge on any atom is 0.228 e. The predicted molar refractivity (Wildman–Crippen MR) is 88.3 cm³/mol. The zero-order valence-electron chi connectivity index (χ0n) is 12.9. The molecule has 3 aliphatic rings. The zero-order chi connectivity index (χ0) is 16.0. The molecule has 5 nitrogen and oxygen atoms in total. The minimum Gasteiger partial charge on any atom is -0.342 e. The highest BCUT2D eigenvalue weighted by Gasteiger charge is 2.43. The van der Waals surface area contributed by atoms with Gasteiger partial charge < -0.3 is 15.1 Å². The molecule has 3 heterocycles. The van der Waals surface area contributed by atoms with Crippen LogP contribution in [0, 0.1) is 17.8 Å². The topological polar surface area (TPSA) is 52.7 Å². The molecule has 4 rings (SSSR count). The second-order valence-electron chi connectivity index (χ2n) is 6.80. The number of nitrogens with one attached hydrogen (secondary N) is 1. The van der Waals surface area contributed by atoms with Gasteiger partial charge in [0.2, 0.25) is 11.8 Å². The van der Waals surface area contributed by atoms with Crippen molar-refractivity contribution < 1.29 is 9.59 Å². The van der Waals surface area contributed by atoms with Crippen molar-refractivity contribution in [2.24, 2.45) is 17.8 Å². The summed E-state index contributed by atoms with van der Waals surface area (Å²) in [7, 11) is 0. The second-order valence-corrected chi connectivity index (χ2v) is 7.24. The molecular formula is C17H20ClN3O2. The summed E-state index contributed by atoms with van der Waals surface area (Å²) in [6, 6.07) is 7.21. The summed E-state index contributed by atoms with van der Waals surface area (Å²) in [5.41, 5.74) is 0.817. The monoisotopic (exact) mass is 333 g/mol. The van der Waals surface area contributed by atoms with Gasteiger partial charge in [-0.05, 0) is 36.1 Å². The minimum absolute atomic E-state index is 0.0201. The van der Waals surface area contributed by atoms with Crippen molar-refractivity contribution in [3.05, 3.63) is 29.3 Å². The number of carbonyl (C=O) groups excluding carboxylic acids is 2. The Morgan fingerprint density at radius 3 is 2.39 bits per heavy atom. The van der Waals surface area contributed by atoms with Gasteiger partial charge in [-0.3, -0.25) is 9.59 Å². The number of rotatable bonds is 2. The van der Waals surface area contributed by atoms with E-state index < -0.39 is 0 Å². The third-order valence-corrected chi connectivity index (χ3v) is 5.57. The van der Waals surface area contributed by atoms with Gasteiger partial charge >= 0.3 is 0 Å². The molecule has 3 fully saturated rings. The number of anilines is 1. The third-order valence-electron chi connectivity index (χ3n) is 5.31. The van der Waals surface area contributed by atoms with Crippen molar-refractivity contribution in [3.63, 3.8) is 0 Å². The minimum atomic E-state index is -0.218. The van der Waals surface area contributed by atoms with Gasteiger partial charge in [-0.2, -0.15) is 0 Å². The molecule has 0 aromatic heterocycles. The molecule has 0 spiro atoms. The Hall–Kier alpha value is -1.59. The summed E-state index contributed by atoms with van der Waals surface area (Å²) in [4.78, 5) is 28.7. The van der Waals surface area contributed by atoms with Crippen molar-refractivity contribution in [3.8, 4) is 0 Å². The molecule has 3 atom stereocenters. The molecule has 3 aliphatic heterocycles. The molecule has 0 aliphatic carbocycles. The van der Waals surface area contributed by atoms with Gasteiger partial charge in [-0.15, -0.1) is 0 Å². The summed E-state index contributed by atoms with van der Waals surface area (Å²) in [6.45, 7) is 4.16. The van der Waals surface area contributed by atoms with Crippen LogP contribution in [0.3, 0.4) is 0 Å². The fraction of sp³-hybridized carbons (Fsp3) is 0.529. The molecule has 2 amide bonds. The first-order valence-corrected chi connectivity index (χ1v) is 8.55. The fourth-order valence-electron chi connectivity index (χ4n) is 4.04. The normalized spacial score (nSPS) is 30.1. The number of likely N-dealkylation sites (tertiary alicyclic amines) is 1. The van der Waals surface area contributed by atoms with Crippen LogP contribution in [0.15, 0.2) is 24.3 Å². The van der Waals surface area contributed by atoms with Crippen molar-refractivity contribution >= 4 is 29.1 Å². The van der Waals surface area contributed by atoms with E-state index in [2.05, 4.69) is 5.32 Å². The lowest BCUT2D eigenvalue weighted by Crippen LogP contribution is -2.37. The van der Waals surface area contributed by atoms with Crippen molar-refractivity contribution in [1.82, 2.24) is 10.2 Å². The first-order valence-electron chi connectivity index (χ1n) is 8.17. The van der Waals surface area contributed by atoms with Gasteiger partial charge in [0.05, 0.1) is 5.92 Å². The molecule has 0 saturated carbocycles. The van der Waals surface area contributed by atoms with Gasteiger partial charge in [0.15, 0.2) is 0 Å². The Bertz CT molecular complexity index is 621. The average molecular weight is 334 g/mol.